The van der Waals surface area contributed by atoms with E-state index in [9.17, 15) is 4.79 Å². The Morgan fingerprint density at radius 1 is 1.10 bits per heavy atom. The molecule has 1 saturated carbocycles. The van der Waals surface area contributed by atoms with Crippen LogP contribution in [0.1, 0.15) is 45.4 Å². The lowest BCUT2D eigenvalue weighted by Gasteiger charge is -2.48. The van der Waals surface area contributed by atoms with Gasteiger partial charge in [-0.3, -0.25) is 9.69 Å². The van der Waals surface area contributed by atoms with Crippen LogP contribution in [0, 0.1) is 5.92 Å². The van der Waals surface area contributed by atoms with Crippen LogP contribution in [-0.2, 0) is 4.79 Å². The van der Waals surface area contributed by atoms with Crippen LogP contribution in [0.3, 0.4) is 0 Å². The molecule has 0 bridgehead atoms. The molecule has 3 aliphatic rings. The number of piperidine rings is 1. The smallest absolute Gasteiger partial charge is 0.226 e. The van der Waals surface area contributed by atoms with Crippen molar-refractivity contribution < 1.29 is 4.79 Å². The first-order valence-electron chi connectivity index (χ1n) is 7.95. The number of rotatable bonds is 1. The van der Waals surface area contributed by atoms with E-state index in [1.165, 1.54) is 25.8 Å². The van der Waals surface area contributed by atoms with Crippen molar-refractivity contribution in [2.24, 2.45) is 11.7 Å². The summed E-state index contributed by atoms with van der Waals surface area (Å²) in [6.45, 7) is 5.45. The Balaban J connectivity index is 0.00000110. The number of carbonyl (C=O) groups excluding carboxylic acids is 1. The molecule has 1 amide bonds. The van der Waals surface area contributed by atoms with Gasteiger partial charge in [0, 0.05) is 37.1 Å². The average Bonchev–Trinajstić information content (AvgIpc) is 2.84. The number of halogens is 2. The largest absolute Gasteiger partial charge is 0.337 e. The van der Waals surface area contributed by atoms with Crippen LogP contribution in [0.2, 0.25) is 0 Å². The zero-order chi connectivity index (χ0) is 13.4. The van der Waals surface area contributed by atoms with Gasteiger partial charge in [-0.05, 0) is 45.6 Å². The summed E-state index contributed by atoms with van der Waals surface area (Å²) in [4.78, 5) is 17.4. The van der Waals surface area contributed by atoms with Gasteiger partial charge < -0.3 is 10.6 Å². The van der Waals surface area contributed by atoms with Crippen molar-refractivity contribution in [3.8, 4) is 0 Å². The molecule has 124 valence electrons. The van der Waals surface area contributed by atoms with Crippen LogP contribution >= 0.6 is 24.8 Å². The van der Waals surface area contributed by atoms with Crippen LogP contribution < -0.4 is 5.73 Å². The van der Waals surface area contributed by atoms with Crippen molar-refractivity contribution in [3.63, 3.8) is 0 Å². The van der Waals surface area contributed by atoms with Gasteiger partial charge in [0.2, 0.25) is 5.91 Å². The molecule has 0 aromatic carbocycles. The first kappa shape index (κ1) is 19.0. The SMILES string of the molecule is CC1CN2CCCCC2CN1C(=O)C1CCC(N)C1.Cl.Cl. The maximum absolute atomic E-state index is 12.7. The number of carbonyl (C=O) groups is 1. The number of hydrogen-bond acceptors (Lipinski definition) is 3. The van der Waals surface area contributed by atoms with Gasteiger partial charge >= 0.3 is 0 Å². The fourth-order valence-corrected chi connectivity index (χ4v) is 4.13. The zero-order valence-electron chi connectivity index (χ0n) is 12.9. The second kappa shape index (κ2) is 8.00. The van der Waals surface area contributed by atoms with Gasteiger partial charge in [-0.25, -0.2) is 0 Å². The molecule has 4 nitrogen and oxygen atoms in total. The first-order chi connectivity index (χ1) is 9.15. The highest BCUT2D eigenvalue weighted by molar-refractivity contribution is 5.85. The van der Waals surface area contributed by atoms with Crippen molar-refractivity contribution in [3.05, 3.63) is 0 Å². The van der Waals surface area contributed by atoms with Crippen molar-refractivity contribution in [2.75, 3.05) is 19.6 Å². The van der Waals surface area contributed by atoms with Crippen LogP contribution in [0.4, 0.5) is 0 Å². The van der Waals surface area contributed by atoms with Crippen LogP contribution in [-0.4, -0.2) is 53.5 Å². The Bertz CT molecular complexity index is 356. The van der Waals surface area contributed by atoms with Gasteiger partial charge in [0.05, 0.1) is 0 Å². The van der Waals surface area contributed by atoms with E-state index in [4.69, 9.17) is 5.73 Å². The van der Waals surface area contributed by atoms with E-state index in [2.05, 4.69) is 16.7 Å². The molecule has 2 N–H and O–H groups in total. The molecule has 6 heteroatoms. The van der Waals surface area contributed by atoms with Crippen molar-refractivity contribution >= 4 is 30.7 Å². The number of nitrogens with two attached hydrogens (primary N) is 1. The highest BCUT2D eigenvalue weighted by Gasteiger charge is 2.38. The number of amides is 1. The normalized spacial score (nSPS) is 36.4. The molecule has 0 aromatic heterocycles. The summed E-state index contributed by atoms with van der Waals surface area (Å²) < 4.78 is 0. The monoisotopic (exact) mass is 337 g/mol. The summed E-state index contributed by atoms with van der Waals surface area (Å²) >= 11 is 0. The van der Waals surface area contributed by atoms with E-state index in [0.29, 0.717) is 18.0 Å². The minimum Gasteiger partial charge on any atom is -0.337 e. The lowest BCUT2D eigenvalue weighted by molar-refractivity contribution is -0.142. The standard InChI is InChI=1S/C15H27N3O.2ClH/c1-11-9-17-7-3-2-4-14(17)10-18(11)15(19)12-5-6-13(16)8-12;;/h11-14H,2-10,16H2,1H3;2*1H. The molecular formula is C15H29Cl2N3O. The molecule has 2 heterocycles. The van der Waals surface area contributed by atoms with E-state index in [1.54, 1.807) is 0 Å². The fraction of sp³-hybridized carbons (Fsp3) is 0.933. The molecule has 3 rings (SSSR count). The number of fused-ring (bicyclic) bond motifs is 1. The van der Waals surface area contributed by atoms with Gasteiger partial charge in [0.15, 0.2) is 0 Å². The molecule has 4 unspecified atom stereocenters. The third kappa shape index (κ3) is 4.04. The van der Waals surface area contributed by atoms with E-state index in [0.717, 1.165) is 32.4 Å². The molecule has 4 atom stereocenters. The molecule has 0 aromatic rings. The fourth-order valence-electron chi connectivity index (χ4n) is 4.13. The topological polar surface area (TPSA) is 49.6 Å². The lowest BCUT2D eigenvalue weighted by Crippen LogP contribution is -2.60. The Hall–Kier alpha value is -0.0300. The molecule has 0 radical (unpaired) electrons. The molecule has 2 aliphatic heterocycles. The van der Waals surface area contributed by atoms with Crippen LogP contribution in [0.15, 0.2) is 0 Å². The molecule has 2 saturated heterocycles. The average molecular weight is 338 g/mol. The first-order valence-corrected chi connectivity index (χ1v) is 7.95. The summed E-state index contributed by atoms with van der Waals surface area (Å²) in [5.41, 5.74) is 5.95. The molecule has 3 fully saturated rings. The highest BCUT2D eigenvalue weighted by Crippen LogP contribution is 2.30. The molecule has 21 heavy (non-hydrogen) atoms. The third-order valence-corrected chi connectivity index (χ3v) is 5.29. The Morgan fingerprint density at radius 3 is 2.52 bits per heavy atom. The van der Waals surface area contributed by atoms with Gasteiger partial charge in [0.25, 0.3) is 0 Å². The van der Waals surface area contributed by atoms with E-state index < -0.39 is 0 Å². The zero-order valence-corrected chi connectivity index (χ0v) is 14.5. The van der Waals surface area contributed by atoms with E-state index in [1.807, 2.05) is 0 Å². The minimum absolute atomic E-state index is 0. The summed E-state index contributed by atoms with van der Waals surface area (Å²) in [5, 5.41) is 0. The highest BCUT2D eigenvalue weighted by atomic mass is 35.5. The lowest BCUT2D eigenvalue weighted by atomic mass is 9.95. The summed E-state index contributed by atoms with van der Waals surface area (Å²) in [5.74, 6) is 0.582. The summed E-state index contributed by atoms with van der Waals surface area (Å²) in [6, 6.07) is 1.24. The summed E-state index contributed by atoms with van der Waals surface area (Å²) in [6.07, 6.45) is 6.84. The summed E-state index contributed by atoms with van der Waals surface area (Å²) in [7, 11) is 0. The van der Waals surface area contributed by atoms with Gasteiger partial charge in [-0.15, -0.1) is 24.8 Å². The molecule has 0 spiro atoms. The van der Waals surface area contributed by atoms with Crippen molar-refractivity contribution in [1.29, 1.82) is 0 Å². The van der Waals surface area contributed by atoms with Gasteiger partial charge in [-0.1, -0.05) is 6.42 Å². The maximum atomic E-state index is 12.7. The van der Waals surface area contributed by atoms with Crippen molar-refractivity contribution in [2.45, 2.75) is 63.6 Å². The Morgan fingerprint density at radius 2 is 1.86 bits per heavy atom. The van der Waals surface area contributed by atoms with E-state index >= 15 is 0 Å². The van der Waals surface area contributed by atoms with Crippen LogP contribution in [0.25, 0.3) is 0 Å². The Labute approximate surface area is 140 Å². The Kier molecular flexibility index (Phi) is 7.25. The van der Waals surface area contributed by atoms with E-state index in [-0.39, 0.29) is 36.8 Å². The van der Waals surface area contributed by atoms with Gasteiger partial charge in [0.1, 0.15) is 0 Å². The maximum Gasteiger partial charge on any atom is 0.226 e. The third-order valence-electron chi connectivity index (χ3n) is 5.29. The quantitative estimate of drug-likeness (QED) is 0.796. The molecular weight excluding hydrogens is 309 g/mol. The number of hydrogen-bond donors (Lipinski definition) is 1. The number of nitrogens with zero attached hydrogens (tertiary/aromatic N) is 2. The second-order valence-corrected chi connectivity index (χ2v) is 6.75. The minimum atomic E-state index is 0. The number of piperazine rings is 1. The second-order valence-electron chi connectivity index (χ2n) is 6.75. The van der Waals surface area contributed by atoms with Gasteiger partial charge in [-0.2, -0.15) is 0 Å². The predicted molar refractivity (Wildman–Crippen MR) is 90.2 cm³/mol. The molecule has 1 aliphatic carbocycles. The van der Waals surface area contributed by atoms with Crippen LogP contribution in [0.5, 0.6) is 0 Å². The van der Waals surface area contributed by atoms with Crippen molar-refractivity contribution in [1.82, 2.24) is 9.80 Å². The predicted octanol–water partition coefficient (Wildman–Crippen LogP) is 2.04.